The smallest absolute Gasteiger partial charge is 0.329 e. The number of aryl methyl sites for hydroxylation is 1. The van der Waals surface area contributed by atoms with E-state index >= 15 is 0 Å². The fourth-order valence-corrected chi connectivity index (χ4v) is 3.67. The Morgan fingerprint density at radius 3 is 2.68 bits per heavy atom. The molecule has 0 unspecified atom stereocenters. The van der Waals surface area contributed by atoms with Crippen LogP contribution < -0.4 is 16.0 Å². The highest BCUT2D eigenvalue weighted by Gasteiger charge is 2.21. The van der Waals surface area contributed by atoms with Gasteiger partial charge in [-0.3, -0.25) is 14.3 Å². The summed E-state index contributed by atoms with van der Waals surface area (Å²) in [5.74, 6) is 0.659. The number of benzene rings is 1. The molecule has 9 heteroatoms. The molecule has 3 aromatic rings. The molecule has 8 nitrogen and oxygen atoms in total. The molecule has 0 aliphatic heterocycles. The molecule has 0 spiro atoms. The monoisotopic (exact) mass is 404 g/mol. The molecule has 2 atom stereocenters. The second-order valence-corrected chi connectivity index (χ2v) is 8.02. The number of aromatic nitrogens is 4. The SMILES string of the molecule is CC[C@@H](C)Sc1nc2c(c(=O)[nH]c(=O)n2C)n1C[C@H](O)COc1ccccc1. The van der Waals surface area contributed by atoms with Crippen LogP contribution >= 0.6 is 11.8 Å². The number of thioether (sulfide) groups is 1. The lowest BCUT2D eigenvalue weighted by Gasteiger charge is -2.16. The maximum atomic E-state index is 12.5. The van der Waals surface area contributed by atoms with Gasteiger partial charge in [-0.25, -0.2) is 9.78 Å². The number of hydrogen-bond acceptors (Lipinski definition) is 6. The molecule has 0 amide bonds. The van der Waals surface area contributed by atoms with Crippen molar-refractivity contribution in [3.05, 3.63) is 51.2 Å². The van der Waals surface area contributed by atoms with Crippen LogP contribution in [0.25, 0.3) is 11.2 Å². The van der Waals surface area contributed by atoms with E-state index in [1.54, 1.807) is 11.6 Å². The molecule has 2 heterocycles. The predicted molar refractivity (Wildman–Crippen MR) is 109 cm³/mol. The van der Waals surface area contributed by atoms with E-state index < -0.39 is 17.4 Å². The van der Waals surface area contributed by atoms with Crippen LogP contribution in [0.3, 0.4) is 0 Å². The van der Waals surface area contributed by atoms with Crippen molar-refractivity contribution < 1.29 is 9.84 Å². The van der Waals surface area contributed by atoms with Gasteiger partial charge in [0.1, 0.15) is 18.5 Å². The van der Waals surface area contributed by atoms with E-state index in [0.717, 1.165) is 6.42 Å². The summed E-state index contributed by atoms with van der Waals surface area (Å²) < 4.78 is 8.59. The second-order valence-electron chi connectivity index (χ2n) is 6.61. The minimum Gasteiger partial charge on any atom is -0.491 e. The highest BCUT2D eigenvalue weighted by atomic mass is 32.2. The van der Waals surface area contributed by atoms with E-state index in [4.69, 9.17) is 4.74 Å². The van der Waals surface area contributed by atoms with Crippen molar-refractivity contribution in [3.8, 4) is 5.75 Å². The Kier molecular flexibility index (Phi) is 6.25. The Morgan fingerprint density at radius 1 is 1.29 bits per heavy atom. The number of rotatable bonds is 8. The van der Waals surface area contributed by atoms with Crippen LogP contribution in [0.5, 0.6) is 5.75 Å². The summed E-state index contributed by atoms with van der Waals surface area (Å²) in [5, 5.41) is 11.4. The van der Waals surface area contributed by atoms with Gasteiger partial charge in [0.05, 0.1) is 6.54 Å². The van der Waals surface area contributed by atoms with Crippen molar-refractivity contribution in [2.24, 2.45) is 7.05 Å². The third-order valence-corrected chi connectivity index (χ3v) is 5.69. The molecule has 28 heavy (non-hydrogen) atoms. The van der Waals surface area contributed by atoms with E-state index in [-0.39, 0.29) is 23.9 Å². The first kappa shape index (κ1) is 20.2. The second kappa shape index (κ2) is 8.66. The first-order valence-corrected chi connectivity index (χ1v) is 10.0. The van der Waals surface area contributed by atoms with Crippen LogP contribution in [0.1, 0.15) is 20.3 Å². The number of H-pyrrole nitrogens is 1. The maximum absolute atomic E-state index is 12.5. The fourth-order valence-electron chi connectivity index (χ4n) is 2.71. The zero-order chi connectivity index (χ0) is 20.3. The normalized spacial score (nSPS) is 13.6. The molecule has 2 aromatic heterocycles. The fraction of sp³-hybridized carbons (Fsp3) is 0.421. The van der Waals surface area contributed by atoms with Crippen molar-refractivity contribution >= 4 is 22.9 Å². The number of aromatic amines is 1. The summed E-state index contributed by atoms with van der Waals surface area (Å²) in [5.41, 5.74) is -0.463. The standard InChI is InChI=1S/C19H24N4O4S/c1-4-12(2)28-19-20-16-15(17(25)21-18(26)22(16)3)23(19)10-13(24)11-27-14-8-6-5-7-9-14/h5-9,12-13,24H,4,10-11H2,1-3H3,(H,21,25,26)/t12-,13+/m1/s1. The Hall–Kier alpha value is -2.52. The maximum Gasteiger partial charge on any atom is 0.329 e. The Balaban J connectivity index is 1.93. The van der Waals surface area contributed by atoms with Crippen molar-refractivity contribution in [1.82, 2.24) is 19.1 Å². The lowest BCUT2D eigenvalue weighted by atomic mass is 10.3. The third kappa shape index (κ3) is 4.31. The van der Waals surface area contributed by atoms with Crippen LogP contribution in [0, 0.1) is 0 Å². The van der Waals surface area contributed by atoms with Gasteiger partial charge in [0.15, 0.2) is 16.3 Å². The highest BCUT2D eigenvalue weighted by Crippen LogP contribution is 2.27. The number of aliphatic hydroxyl groups excluding tert-OH is 1. The largest absolute Gasteiger partial charge is 0.491 e. The Morgan fingerprint density at radius 2 is 2.00 bits per heavy atom. The van der Waals surface area contributed by atoms with E-state index in [1.165, 1.54) is 16.3 Å². The van der Waals surface area contributed by atoms with Crippen LogP contribution in [0.2, 0.25) is 0 Å². The highest BCUT2D eigenvalue weighted by molar-refractivity contribution is 7.99. The van der Waals surface area contributed by atoms with E-state index in [9.17, 15) is 14.7 Å². The Bertz CT molecular complexity index is 1060. The van der Waals surface area contributed by atoms with Gasteiger partial charge in [0, 0.05) is 12.3 Å². The molecule has 150 valence electrons. The summed E-state index contributed by atoms with van der Waals surface area (Å²) in [7, 11) is 1.56. The molecule has 0 aliphatic carbocycles. The molecular formula is C19H24N4O4S. The van der Waals surface area contributed by atoms with Crippen molar-refractivity contribution in [3.63, 3.8) is 0 Å². The molecule has 2 N–H and O–H groups in total. The number of nitrogens with zero attached hydrogens (tertiary/aromatic N) is 3. The summed E-state index contributed by atoms with van der Waals surface area (Å²) in [6, 6.07) is 9.21. The first-order chi connectivity index (χ1) is 13.4. The van der Waals surface area contributed by atoms with E-state index in [2.05, 4.69) is 23.8 Å². The number of aliphatic hydroxyl groups is 1. The summed E-state index contributed by atoms with van der Waals surface area (Å²) in [4.78, 5) is 31.2. The van der Waals surface area contributed by atoms with Gasteiger partial charge in [-0.15, -0.1) is 0 Å². The minimum atomic E-state index is -0.856. The number of ether oxygens (including phenoxy) is 1. The Labute approximate surface area is 166 Å². The predicted octanol–water partition coefficient (Wildman–Crippen LogP) is 1.75. The van der Waals surface area contributed by atoms with Crippen molar-refractivity contribution in [2.75, 3.05) is 6.61 Å². The average molecular weight is 404 g/mol. The molecular weight excluding hydrogens is 380 g/mol. The summed E-state index contributed by atoms with van der Waals surface area (Å²) >= 11 is 1.51. The van der Waals surface area contributed by atoms with Crippen LogP contribution in [-0.2, 0) is 13.6 Å². The first-order valence-electron chi connectivity index (χ1n) is 9.12. The number of nitrogens with one attached hydrogen (secondary N) is 1. The van der Waals surface area contributed by atoms with Crippen molar-refractivity contribution in [1.29, 1.82) is 0 Å². The van der Waals surface area contributed by atoms with Gasteiger partial charge in [0.25, 0.3) is 5.56 Å². The molecule has 0 saturated heterocycles. The van der Waals surface area contributed by atoms with Crippen LogP contribution in [0.15, 0.2) is 45.1 Å². The molecule has 0 radical (unpaired) electrons. The van der Waals surface area contributed by atoms with Crippen LogP contribution in [-0.4, -0.2) is 42.2 Å². The summed E-state index contributed by atoms with van der Waals surface area (Å²) in [6.07, 6.45) is 0.0635. The zero-order valence-electron chi connectivity index (χ0n) is 16.1. The minimum absolute atomic E-state index is 0.0702. The number of para-hydroxylation sites is 1. The van der Waals surface area contributed by atoms with Crippen LogP contribution in [0.4, 0.5) is 0 Å². The number of fused-ring (bicyclic) bond motifs is 1. The molecule has 0 fully saturated rings. The van der Waals surface area contributed by atoms with Gasteiger partial charge in [0.2, 0.25) is 0 Å². The average Bonchev–Trinajstić information content (AvgIpc) is 3.03. The van der Waals surface area contributed by atoms with Crippen molar-refractivity contribution in [2.45, 2.75) is 43.3 Å². The molecule has 0 aliphatic rings. The van der Waals surface area contributed by atoms with Gasteiger partial charge in [-0.1, -0.05) is 43.8 Å². The number of hydrogen-bond donors (Lipinski definition) is 2. The quantitative estimate of drug-likeness (QED) is 0.555. The molecule has 1 aromatic carbocycles. The van der Waals surface area contributed by atoms with Gasteiger partial charge >= 0.3 is 5.69 Å². The molecule has 0 saturated carbocycles. The van der Waals surface area contributed by atoms with Gasteiger partial charge < -0.3 is 14.4 Å². The lowest BCUT2D eigenvalue weighted by Crippen LogP contribution is -2.30. The molecule has 3 rings (SSSR count). The lowest BCUT2D eigenvalue weighted by molar-refractivity contribution is 0.0913. The zero-order valence-corrected chi connectivity index (χ0v) is 16.9. The third-order valence-electron chi connectivity index (χ3n) is 4.43. The number of imidazole rings is 1. The summed E-state index contributed by atoms with van der Waals surface area (Å²) in [6.45, 7) is 4.33. The van der Waals surface area contributed by atoms with E-state index in [0.29, 0.717) is 16.6 Å². The van der Waals surface area contributed by atoms with Gasteiger partial charge in [-0.05, 0) is 18.6 Å². The molecule has 0 bridgehead atoms. The topological polar surface area (TPSA) is 102 Å². The van der Waals surface area contributed by atoms with Gasteiger partial charge in [-0.2, -0.15) is 0 Å². The van der Waals surface area contributed by atoms with E-state index in [1.807, 2.05) is 30.3 Å².